The minimum absolute atomic E-state index is 0.0537. The second kappa shape index (κ2) is 15.0. The summed E-state index contributed by atoms with van der Waals surface area (Å²) in [6.45, 7) is 7.66. The third-order valence-electron chi connectivity index (χ3n) is 7.65. The van der Waals surface area contributed by atoms with Crippen LogP contribution in [0.15, 0.2) is 48.5 Å². The first-order chi connectivity index (χ1) is 19.4. The third kappa shape index (κ3) is 10.5. The standard InChI is InChI=1S/C29H39N3O2.C2HF3O2/c1-21(2)23-12-14-26(15-13-23)30-28(33)24-8-10-25(11-9-24)29(34)31-27-16-18-32(19-17-27)20-22-6-4-3-5-7-22;3-2(4,5)1(6)7/h8-15,21-22,27H,3-7,16-20H2,1-2H3,(H,30,33)(H,31,34);(H,6,7). The number of anilines is 1. The highest BCUT2D eigenvalue weighted by Crippen LogP contribution is 2.25. The summed E-state index contributed by atoms with van der Waals surface area (Å²) in [5, 5.41) is 13.2. The zero-order valence-electron chi connectivity index (χ0n) is 23.7. The fourth-order valence-electron chi connectivity index (χ4n) is 5.19. The normalized spacial score (nSPS) is 16.9. The number of hydrogen-bond acceptors (Lipinski definition) is 4. The number of carboxylic acid groups (broad SMARTS) is 1. The molecule has 7 nitrogen and oxygen atoms in total. The van der Waals surface area contributed by atoms with Crippen LogP contribution in [-0.2, 0) is 4.79 Å². The molecule has 0 spiro atoms. The lowest BCUT2D eigenvalue weighted by Gasteiger charge is -2.35. The molecule has 224 valence electrons. The van der Waals surface area contributed by atoms with Gasteiger partial charge in [-0.2, -0.15) is 13.2 Å². The third-order valence-corrected chi connectivity index (χ3v) is 7.65. The zero-order chi connectivity index (χ0) is 30.0. The average molecular weight is 576 g/mol. The highest BCUT2D eigenvalue weighted by atomic mass is 19.4. The summed E-state index contributed by atoms with van der Waals surface area (Å²) in [6.07, 6.45) is 3.89. The minimum atomic E-state index is -5.08. The number of aliphatic carboxylic acids is 1. The fourth-order valence-corrected chi connectivity index (χ4v) is 5.19. The van der Waals surface area contributed by atoms with Crippen molar-refractivity contribution in [2.24, 2.45) is 5.92 Å². The number of nitrogens with zero attached hydrogens (tertiary/aromatic N) is 1. The van der Waals surface area contributed by atoms with E-state index in [-0.39, 0.29) is 17.9 Å². The number of carbonyl (C=O) groups excluding carboxylic acids is 2. The summed E-state index contributed by atoms with van der Waals surface area (Å²) < 4.78 is 31.7. The molecule has 1 saturated heterocycles. The molecule has 0 atom stereocenters. The molecule has 3 N–H and O–H groups in total. The first-order valence-corrected chi connectivity index (χ1v) is 14.3. The molecule has 41 heavy (non-hydrogen) atoms. The second-order valence-electron chi connectivity index (χ2n) is 11.2. The Morgan fingerprint density at radius 3 is 1.85 bits per heavy atom. The minimum Gasteiger partial charge on any atom is -0.475 e. The summed E-state index contributed by atoms with van der Waals surface area (Å²) in [5.41, 5.74) is 3.15. The van der Waals surface area contributed by atoms with Crippen molar-refractivity contribution in [3.63, 3.8) is 0 Å². The lowest BCUT2D eigenvalue weighted by Crippen LogP contribution is -2.45. The number of carbonyl (C=O) groups is 3. The monoisotopic (exact) mass is 575 g/mol. The van der Waals surface area contributed by atoms with Gasteiger partial charge in [0.1, 0.15) is 0 Å². The van der Waals surface area contributed by atoms with Gasteiger partial charge in [-0.3, -0.25) is 9.59 Å². The molecule has 0 bridgehead atoms. The highest BCUT2D eigenvalue weighted by Gasteiger charge is 2.38. The Kier molecular flexibility index (Phi) is 11.8. The van der Waals surface area contributed by atoms with Crippen molar-refractivity contribution in [2.45, 2.75) is 76.9 Å². The molecular formula is C31H40F3N3O4. The second-order valence-corrected chi connectivity index (χ2v) is 11.2. The molecule has 1 aliphatic carbocycles. The number of piperidine rings is 1. The summed E-state index contributed by atoms with van der Waals surface area (Å²) in [5.74, 6) is -1.66. The van der Waals surface area contributed by atoms with Crippen molar-refractivity contribution in [3.8, 4) is 0 Å². The molecule has 0 unspecified atom stereocenters. The maximum Gasteiger partial charge on any atom is 0.490 e. The summed E-state index contributed by atoms with van der Waals surface area (Å²) in [6, 6.07) is 15.1. The van der Waals surface area contributed by atoms with E-state index >= 15 is 0 Å². The topological polar surface area (TPSA) is 98.7 Å². The van der Waals surface area contributed by atoms with E-state index in [1.807, 2.05) is 24.3 Å². The van der Waals surface area contributed by atoms with E-state index in [2.05, 4.69) is 29.4 Å². The van der Waals surface area contributed by atoms with E-state index < -0.39 is 12.1 Å². The molecule has 0 aromatic heterocycles. The molecule has 1 heterocycles. The summed E-state index contributed by atoms with van der Waals surface area (Å²) in [4.78, 5) is 36.8. The Labute approximate surface area is 239 Å². The predicted molar refractivity (Wildman–Crippen MR) is 152 cm³/mol. The maximum atomic E-state index is 12.7. The van der Waals surface area contributed by atoms with Gasteiger partial charge in [-0.15, -0.1) is 0 Å². The first-order valence-electron chi connectivity index (χ1n) is 14.3. The van der Waals surface area contributed by atoms with Crippen molar-refractivity contribution in [2.75, 3.05) is 25.0 Å². The predicted octanol–water partition coefficient (Wildman–Crippen LogP) is 6.47. The highest BCUT2D eigenvalue weighted by molar-refractivity contribution is 6.05. The van der Waals surface area contributed by atoms with E-state index in [4.69, 9.17) is 9.90 Å². The lowest BCUT2D eigenvalue weighted by atomic mass is 9.88. The van der Waals surface area contributed by atoms with Crippen LogP contribution < -0.4 is 10.6 Å². The smallest absolute Gasteiger partial charge is 0.475 e. The Morgan fingerprint density at radius 1 is 0.854 bits per heavy atom. The van der Waals surface area contributed by atoms with Gasteiger partial charge in [0.2, 0.25) is 0 Å². The number of nitrogens with one attached hydrogen (secondary N) is 2. The van der Waals surface area contributed by atoms with E-state index in [0.717, 1.165) is 37.5 Å². The molecule has 2 aromatic carbocycles. The fraction of sp³-hybridized carbons (Fsp3) is 0.516. The van der Waals surface area contributed by atoms with Crippen LogP contribution in [0.5, 0.6) is 0 Å². The Balaban J connectivity index is 0.000000587. The van der Waals surface area contributed by atoms with Gasteiger partial charge in [0.05, 0.1) is 0 Å². The number of hydrogen-bond donors (Lipinski definition) is 3. The first kappa shape index (κ1) is 32.1. The Morgan fingerprint density at radius 2 is 1.37 bits per heavy atom. The van der Waals surface area contributed by atoms with Crippen molar-refractivity contribution in [1.29, 1.82) is 0 Å². The number of benzene rings is 2. The van der Waals surface area contributed by atoms with Gasteiger partial charge < -0.3 is 20.6 Å². The molecule has 2 aliphatic rings. The van der Waals surface area contributed by atoms with Gasteiger partial charge in [0.15, 0.2) is 0 Å². The number of amides is 2. The van der Waals surface area contributed by atoms with Crippen molar-refractivity contribution >= 4 is 23.5 Å². The zero-order valence-corrected chi connectivity index (χ0v) is 23.7. The molecule has 2 fully saturated rings. The van der Waals surface area contributed by atoms with E-state index in [1.165, 1.54) is 44.2 Å². The average Bonchev–Trinajstić information content (AvgIpc) is 2.95. The molecule has 1 saturated carbocycles. The van der Waals surface area contributed by atoms with Gasteiger partial charge >= 0.3 is 12.1 Å². The molecule has 1 aliphatic heterocycles. The largest absolute Gasteiger partial charge is 0.490 e. The van der Waals surface area contributed by atoms with Gasteiger partial charge in [0.25, 0.3) is 11.8 Å². The van der Waals surface area contributed by atoms with E-state index in [9.17, 15) is 22.8 Å². The van der Waals surface area contributed by atoms with Crippen LogP contribution >= 0.6 is 0 Å². The number of likely N-dealkylation sites (tertiary alicyclic amines) is 1. The molecule has 0 radical (unpaired) electrons. The molecule has 4 rings (SSSR count). The van der Waals surface area contributed by atoms with Crippen LogP contribution in [0.2, 0.25) is 0 Å². The Bertz CT molecular complexity index is 1140. The van der Waals surface area contributed by atoms with Crippen LogP contribution in [0.4, 0.5) is 18.9 Å². The van der Waals surface area contributed by atoms with Crippen molar-refractivity contribution in [1.82, 2.24) is 10.2 Å². The van der Waals surface area contributed by atoms with Crippen LogP contribution in [0, 0.1) is 5.92 Å². The van der Waals surface area contributed by atoms with Crippen molar-refractivity contribution < 1.29 is 32.7 Å². The summed E-state index contributed by atoms with van der Waals surface area (Å²) in [7, 11) is 0. The van der Waals surface area contributed by atoms with Crippen LogP contribution in [0.25, 0.3) is 0 Å². The van der Waals surface area contributed by atoms with E-state index in [1.54, 1.807) is 24.3 Å². The number of alkyl halides is 3. The molecule has 2 aromatic rings. The maximum absolute atomic E-state index is 12.7. The summed E-state index contributed by atoms with van der Waals surface area (Å²) >= 11 is 0. The molecule has 10 heteroatoms. The van der Waals surface area contributed by atoms with Crippen molar-refractivity contribution in [3.05, 3.63) is 65.2 Å². The molecular weight excluding hydrogens is 535 g/mol. The number of halogens is 3. The van der Waals surface area contributed by atoms with Gasteiger partial charge in [-0.05, 0) is 79.5 Å². The lowest BCUT2D eigenvalue weighted by molar-refractivity contribution is -0.192. The number of carboxylic acids is 1. The van der Waals surface area contributed by atoms with Gasteiger partial charge in [-0.1, -0.05) is 45.2 Å². The molecule has 2 amide bonds. The Hall–Kier alpha value is -3.40. The van der Waals surface area contributed by atoms with Gasteiger partial charge in [0, 0.05) is 42.5 Å². The van der Waals surface area contributed by atoms with Gasteiger partial charge in [-0.25, -0.2) is 4.79 Å². The van der Waals surface area contributed by atoms with E-state index in [0.29, 0.717) is 17.0 Å². The van der Waals surface area contributed by atoms with Crippen LogP contribution in [-0.4, -0.2) is 59.6 Å². The SMILES string of the molecule is CC(C)c1ccc(NC(=O)c2ccc(C(=O)NC3CCN(CC4CCCCC4)CC3)cc2)cc1.O=C(O)C(F)(F)F. The quantitative estimate of drug-likeness (QED) is 0.352. The number of rotatable bonds is 7. The van der Waals surface area contributed by atoms with Crippen LogP contribution in [0.3, 0.4) is 0 Å². The van der Waals surface area contributed by atoms with Crippen LogP contribution in [0.1, 0.15) is 91.0 Å².